The molecule has 2 aromatic rings. The SMILES string of the molecule is Cc1cc2c(o1)CC(C)(C)C[C@H]2NC(=O)c1cnn(C(C)(C)C)c1C(F)(F)F. The Morgan fingerprint density at radius 2 is 1.96 bits per heavy atom. The summed E-state index contributed by atoms with van der Waals surface area (Å²) in [6, 6.07) is 1.43. The molecule has 0 radical (unpaired) electrons. The van der Waals surface area contributed by atoms with Gasteiger partial charge in [0.2, 0.25) is 0 Å². The second kappa shape index (κ2) is 6.39. The fraction of sp³-hybridized carbons (Fsp3) is 0.600. The zero-order valence-corrected chi connectivity index (χ0v) is 17.0. The molecular weight excluding hydrogens is 371 g/mol. The van der Waals surface area contributed by atoms with Gasteiger partial charge in [0.15, 0.2) is 5.69 Å². The van der Waals surface area contributed by atoms with Crippen molar-refractivity contribution in [1.29, 1.82) is 0 Å². The van der Waals surface area contributed by atoms with Crippen LogP contribution in [-0.4, -0.2) is 15.7 Å². The molecule has 1 N–H and O–H groups in total. The van der Waals surface area contributed by atoms with Crippen LogP contribution in [0.5, 0.6) is 0 Å². The van der Waals surface area contributed by atoms with Gasteiger partial charge in [-0.05, 0) is 45.6 Å². The number of fused-ring (bicyclic) bond motifs is 1. The molecule has 0 spiro atoms. The van der Waals surface area contributed by atoms with Crippen molar-refractivity contribution < 1.29 is 22.4 Å². The Hall–Kier alpha value is -2.25. The molecule has 0 bridgehead atoms. The number of aromatic nitrogens is 2. The van der Waals surface area contributed by atoms with E-state index < -0.39 is 34.9 Å². The second-order valence-electron chi connectivity index (χ2n) is 9.29. The summed E-state index contributed by atoms with van der Waals surface area (Å²) in [7, 11) is 0. The quantitative estimate of drug-likeness (QED) is 0.776. The lowest BCUT2D eigenvalue weighted by atomic mass is 9.74. The summed E-state index contributed by atoms with van der Waals surface area (Å²) in [5.74, 6) is 0.717. The van der Waals surface area contributed by atoms with Crippen molar-refractivity contribution in [3.63, 3.8) is 0 Å². The Morgan fingerprint density at radius 3 is 2.54 bits per heavy atom. The first-order valence-corrected chi connectivity index (χ1v) is 9.25. The standard InChI is InChI=1S/C20H26F3N3O2/c1-11-7-12-14(8-19(5,6)9-15(12)28-11)25-17(27)13-10-24-26(18(2,3)4)16(13)20(21,22)23/h7,10,14H,8-9H2,1-6H3,(H,25,27)/t14-/m1/s1. The van der Waals surface area contributed by atoms with Gasteiger partial charge in [-0.2, -0.15) is 18.3 Å². The number of aryl methyl sites for hydroxylation is 1. The van der Waals surface area contributed by atoms with Crippen LogP contribution in [0, 0.1) is 12.3 Å². The van der Waals surface area contributed by atoms with Gasteiger partial charge >= 0.3 is 6.18 Å². The third-order valence-corrected chi connectivity index (χ3v) is 4.96. The summed E-state index contributed by atoms with van der Waals surface area (Å²) in [6.45, 7) is 10.8. The Labute approximate surface area is 162 Å². The fourth-order valence-corrected chi connectivity index (χ4v) is 3.85. The van der Waals surface area contributed by atoms with Gasteiger partial charge in [-0.15, -0.1) is 0 Å². The zero-order valence-electron chi connectivity index (χ0n) is 17.0. The molecule has 0 fully saturated rings. The summed E-state index contributed by atoms with van der Waals surface area (Å²) >= 11 is 0. The van der Waals surface area contributed by atoms with E-state index in [-0.39, 0.29) is 5.41 Å². The minimum Gasteiger partial charge on any atom is -0.466 e. The first-order chi connectivity index (χ1) is 12.7. The van der Waals surface area contributed by atoms with Crippen LogP contribution in [0.1, 0.15) is 80.2 Å². The predicted octanol–water partition coefficient (Wildman–Crippen LogP) is 5.00. The van der Waals surface area contributed by atoms with Crippen LogP contribution in [0.25, 0.3) is 0 Å². The normalized spacial score (nSPS) is 19.4. The second-order valence-corrected chi connectivity index (χ2v) is 9.29. The van der Waals surface area contributed by atoms with E-state index in [1.807, 2.05) is 26.8 Å². The summed E-state index contributed by atoms with van der Waals surface area (Å²) < 4.78 is 47.8. The number of rotatable bonds is 2. The Kier molecular flexibility index (Phi) is 4.67. The summed E-state index contributed by atoms with van der Waals surface area (Å²) in [5.41, 5.74) is -1.71. The highest BCUT2D eigenvalue weighted by molar-refractivity contribution is 5.95. The monoisotopic (exact) mass is 397 g/mol. The van der Waals surface area contributed by atoms with Crippen molar-refractivity contribution in [1.82, 2.24) is 15.1 Å². The Balaban J connectivity index is 1.97. The van der Waals surface area contributed by atoms with Gasteiger partial charge in [-0.1, -0.05) is 13.8 Å². The third kappa shape index (κ3) is 3.82. The van der Waals surface area contributed by atoms with E-state index >= 15 is 0 Å². The largest absolute Gasteiger partial charge is 0.466 e. The molecule has 2 heterocycles. The molecular formula is C20H26F3N3O2. The lowest BCUT2D eigenvalue weighted by Gasteiger charge is -2.34. The molecule has 5 nitrogen and oxygen atoms in total. The van der Waals surface area contributed by atoms with Crippen LogP contribution in [-0.2, 0) is 18.1 Å². The lowest BCUT2D eigenvalue weighted by Crippen LogP contribution is -2.37. The van der Waals surface area contributed by atoms with E-state index in [0.717, 1.165) is 34.4 Å². The van der Waals surface area contributed by atoms with Crippen LogP contribution in [0.2, 0.25) is 0 Å². The number of carbonyl (C=O) groups is 1. The molecule has 3 rings (SSSR count). The molecule has 8 heteroatoms. The number of nitrogens with one attached hydrogen (secondary N) is 1. The predicted molar refractivity (Wildman–Crippen MR) is 98.0 cm³/mol. The molecule has 0 aromatic carbocycles. The highest BCUT2D eigenvalue weighted by Crippen LogP contribution is 2.42. The Bertz CT molecular complexity index is 901. The van der Waals surface area contributed by atoms with Crippen molar-refractivity contribution in [2.75, 3.05) is 0 Å². The van der Waals surface area contributed by atoms with Crippen molar-refractivity contribution in [3.05, 3.63) is 40.6 Å². The summed E-state index contributed by atoms with van der Waals surface area (Å²) in [6.07, 6.45) is -2.36. The molecule has 1 aliphatic carbocycles. The van der Waals surface area contributed by atoms with Gasteiger partial charge in [0.1, 0.15) is 11.5 Å². The van der Waals surface area contributed by atoms with E-state index in [9.17, 15) is 18.0 Å². The molecule has 28 heavy (non-hydrogen) atoms. The number of halogens is 3. The van der Waals surface area contributed by atoms with Crippen molar-refractivity contribution >= 4 is 5.91 Å². The molecule has 154 valence electrons. The Morgan fingerprint density at radius 1 is 1.32 bits per heavy atom. The fourth-order valence-electron chi connectivity index (χ4n) is 3.85. The number of alkyl halides is 3. The van der Waals surface area contributed by atoms with Crippen LogP contribution in [0.4, 0.5) is 13.2 Å². The number of amides is 1. The number of hydrogen-bond acceptors (Lipinski definition) is 3. The topological polar surface area (TPSA) is 60.1 Å². The molecule has 0 unspecified atom stereocenters. The summed E-state index contributed by atoms with van der Waals surface area (Å²) in [4.78, 5) is 12.9. The first-order valence-electron chi connectivity index (χ1n) is 9.25. The van der Waals surface area contributed by atoms with Gasteiger partial charge in [-0.25, -0.2) is 0 Å². The maximum absolute atomic E-state index is 13.7. The molecule has 1 atom stereocenters. The smallest absolute Gasteiger partial charge is 0.433 e. The van der Waals surface area contributed by atoms with E-state index in [0.29, 0.717) is 6.42 Å². The minimum absolute atomic E-state index is 0.141. The van der Waals surface area contributed by atoms with E-state index in [4.69, 9.17) is 4.42 Å². The molecule has 0 aliphatic heterocycles. The van der Waals surface area contributed by atoms with Crippen molar-refractivity contribution in [2.45, 2.75) is 72.1 Å². The zero-order chi connectivity index (χ0) is 21.1. The maximum Gasteiger partial charge on any atom is 0.433 e. The maximum atomic E-state index is 13.7. The molecule has 0 saturated heterocycles. The molecule has 0 saturated carbocycles. The molecule has 1 aliphatic rings. The van der Waals surface area contributed by atoms with E-state index in [1.54, 1.807) is 20.8 Å². The highest BCUT2D eigenvalue weighted by atomic mass is 19.4. The van der Waals surface area contributed by atoms with Gasteiger partial charge in [0.05, 0.1) is 23.3 Å². The molecule has 2 aromatic heterocycles. The van der Waals surface area contributed by atoms with E-state index in [2.05, 4.69) is 10.4 Å². The van der Waals surface area contributed by atoms with Gasteiger partial charge in [0.25, 0.3) is 5.91 Å². The van der Waals surface area contributed by atoms with Gasteiger partial charge in [-0.3, -0.25) is 9.48 Å². The van der Waals surface area contributed by atoms with E-state index in [1.165, 1.54) is 0 Å². The number of carbonyl (C=O) groups excluding carboxylic acids is 1. The van der Waals surface area contributed by atoms with Crippen LogP contribution in [0.15, 0.2) is 16.7 Å². The van der Waals surface area contributed by atoms with Crippen molar-refractivity contribution in [3.8, 4) is 0 Å². The van der Waals surface area contributed by atoms with Crippen LogP contribution in [0.3, 0.4) is 0 Å². The lowest BCUT2D eigenvalue weighted by molar-refractivity contribution is -0.146. The van der Waals surface area contributed by atoms with Crippen LogP contribution < -0.4 is 5.32 Å². The van der Waals surface area contributed by atoms with Gasteiger partial charge < -0.3 is 9.73 Å². The average Bonchev–Trinajstić information content (AvgIpc) is 3.08. The number of nitrogens with zero attached hydrogens (tertiary/aromatic N) is 2. The highest BCUT2D eigenvalue weighted by Gasteiger charge is 2.43. The first kappa shape index (κ1) is 20.5. The number of furan rings is 1. The van der Waals surface area contributed by atoms with Crippen LogP contribution >= 0.6 is 0 Å². The number of hydrogen-bond donors (Lipinski definition) is 1. The summed E-state index contributed by atoms with van der Waals surface area (Å²) in [5, 5.41) is 6.65. The third-order valence-electron chi connectivity index (χ3n) is 4.96. The molecule has 1 amide bonds. The van der Waals surface area contributed by atoms with Crippen molar-refractivity contribution in [2.24, 2.45) is 5.41 Å². The average molecular weight is 397 g/mol. The van der Waals surface area contributed by atoms with Gasteiger partial charge in [0, 0.05) is 12.0 Å². The minimum atomic E-state index is -4.69.